The van der Waals surface area contributed by atoms with Crippen LogP contribution >= 0.6 is 0 Å². The van der Waals surface area contributed by atoms with Gasteiger partial charge < -0.3 is 19.5 Å². The summed E-state index contributed by atoms with van der Waals surface area (Å²) in [7, 11) is 3.04. The highest BCUT2D eigenvalue weighted by Gasteiger charge is 2.18. The number of aromatic nitrogens is 3. The van der Waals surface area contributed by atoms with Gasteiger partial charge in [0.1, 0.15) is 6.61 Å². The smallest absolute Gasteiger partial charge is 0.251 e. The zero-order valence-electron chi connectivity index (χ0n) is 17.2. The molecule has 8 nitrogen and oxygen atoms in total. The van der Waals surface area contributed by atoms with E-state index in [1.807, 2.05) is 59.1 Å². The zero-order chi connectivity index (χ0) is 21.6. The largest absolute Gasteiger partial charge is 0.493 e. The van der Waals surface area contributed by atoms with E-state index in [0.29, 0.717) is 35.2 Å². The Morgan fingerprint density at radius 3 is 2.39 bits per heavy atom. The van der Waals surface area contributed by atoms with E-state index in [4.69, 9.17) is 14.2 Å². The van der Waals surface area contributed by atoms with Gasteiger partial charge in [0.2, 0.25) is 5.75 Å². The van der Waals surface area contributed by atoms with Gasteiger partial charge in [0, 0.05) is 11.8 Å². The summed E-state index contributed by atoms with van der Waals surface area (Å²) in [6.45, 7) is 0.569. The summed E-state index contributed by atoms with van der Waals surface area (Å²) in [6.07, 6.45) is 1.85. The van der Waals surface area contributed by atoms with Crippen LogP contribution in [0, 0.1) is 0 Å². The van der Waals surface area contributed by atoms with Gasteiger partial charge in [-0.3, -0.25) is 9.20 Å². The first-order valence-corrected chi connectivity index (χ1v) is 9.69. The number of fused-ring (bicyclic) bond motifs is 1. The molecule has 8 heteroatoms. The molecule has 0 aliphatic rings. The summed E-state index contributed by atoms with van der Waals surface area (Å²) < 4.78 is 18.7. The first-order valence-electron chi connectivity index (χ1n) is 9.69. The highest BCUT2D eigenvalue weighted by atomic mass is 16.5. The molecule has 158 valence electrons. The molecule has 4 aromatic rings. The minimum absolute atomic E-state index is 0.223. The van der Waals surface area contributed by atoms with Crippen LogP contribution in [0.4, 0.5) is 0 Å². The molecule has 0 atom stereocenters. The van der Waals surface area contributed by atoms with E-state index in [0.717, 1.165) is 11.2 Å². The van der Waals surface area contributed by atoms with Crippen molar-refractivity contribution in [3.63, 3.8) is 0 Å². The van der Waals surface area contributed by atoms with Crippen molar-refractivity contribution in [3.8, 4) is 17.2 Å². The van der Waals surface area contributed by atoms with Gasteiger partial charge >= 0.3 is 0 Å². The van der Waals surface area contributed by atoms with Crippen molar-refractivity contribution in [1.82, 2.24) is 19.9 Å². The molecule has 4 rings (SSSR count). The zero-order valence-corrected chi connectivity index (χ0v) is 17.2. The van der Waals surface area contributed by atoms with Crippen molar-refractivity contribution in [3.05, 3.63) is 83.8 Å². The number of hydrogen-bond acceptors (Lipinski definition) is 6. The predicted molar refractivity (Wildman–Crippen MR) is 114 cm³/mol. The Balaban J connectivity index is 1.51. The summed E-state index contributed by atoms with van der Waals surface area (Å²) in [5.41, 5.74) is 2.11. The monoisotopic (exact) mass is 418 g/mol. The Hall–Kier alpha value is -4.07. The van der Waals surface area contributed by atoms with Crippen molar-refractivity contribution in [2.45, 2.75) is 13.2 Å². The predicted octanol–water partition coefficient (Wildman–Crippen LogP) is 3.26. The van der Waals surface area contributed by atoms with Crippen molar-refractivity contribution < 1.29 is 19.0 Å². The quantitative estimate of drug-likeness (QED) is 0.473. The molecule has 0 saturated heterocycles. The van der Waals surface area contributed by atoms with Crippen LogP contribution in [0.25, 0.3) is 5.65 Å². The molecule has 1 amide bonds. The molecule has 0 radical (unpaired) electrons. The maximum atomic E-state index is 12.8. The fraction of sp³-hybridized carbons (Fsp3) is 0.174. The SMILES string of the molecule is COc1cc(C(=O)NCc2nnc3ccccn23)cc(OC)c1OCc1ccccc1. The van der Waals surface area contributed by atoms with Crippen LogP contribution in [0.3, 0.4) is 0 Å². The minimum Gasteiger partial charge on any atom is -0.493 e. The standard InChI is InChI=1S/C23H22N4O4/c1-29-18-12-17(13-19(30-2)22(18)31-15-16-8-4-3-5-9-16)23(28)24-14-21-26-25-20-10-6-7-11-27(20)21/h3-13H,14-15H2,1-2H3,(H,24,28). The number of methoxy groups -OCH3 is 2. The summed E-state index contributed by atoms with van der Waals surface area (Å²) in [4.78, 5) is 12.8. The molecule has 2 heterocycles. The second-order valence-electron chi connectivity index (χ2n) is 6.71. The number of nitrogens with one attached hydrogen (secondary N) is 1. The molecule has 31 heavy (non-hydrogen) atoms. The van der Waals surface area contributed by atoms with E-state index in [2.05, 4.69) is 15.5 Å². The maximum absolute atomic E-state index is 12.8. The number of nitrogens with zero attached hydrogens (tertiary/aromatic N) is 3. The average Bonchev–Trinajstić information content (AvgIpc) is 3.24. The maximum Gasteiger partial charge on any atom is 0.251 e. The van der Waals surface area contributed by atoms with Crippen LogP contribution in [0.5, 0.6) is 17.2 Å². The first-order chi connectivity index (χ1) is 15.2. The molecule has 0 aliphatic carbocycles. The molecular weight excluding hydrogens is 396 g/mol. The number of pyridine rings is 1. The van der Waals surface area contributed by atoms with E-state index in [9.17, 15) is 4.79 Å². The van der Waals surface area contributed by atoms with Gasteiger partial charge in [-0.1, -0.05) is 36.4 Å². The Kier molecular flexibility index (Phi) is 5.98. The van der Waals surface area contributed by atoms with E-state index >= 15 is 0 Å². The van der Waals surface area contributed by atoms with Gasteiger partial charge in [-0.05, 0) is 29.8 Å². The van der Waals surface area contributed by atoms with Gasteiger partial charge in [0.15, 0.2) is 23.0 Å². The third-order valence-corrected chi connectivity index (χ3v) is 4.74. The number of ether oxygens (including phenoxy) is 3. The van der Waals surface area contributed by atoms with Crippen molar-refractivity contribution >= 4 is 11.6 Å². The van der Waals surface area contributed by atoms with E-state index in [1.165, 1.54) is 14.2 Å². The molecule has 0 spiro atoms. The minimum atomic E-state index is -0.293. The van der Waals surface area contributed by atoms with Gasteiger partial charge in [0.05, 0.1) is 20.8 Å². The van der Waals surface area contributed by atoms with Gasteiger partial charge in [-0.2, -0.15) is 0 Å². The second kappa shape index (κ2) is 9.17. The Morgan fingerprint density at radius 1 is 0.968 bits per heavy atom. The molecule has 2 aromatic carbocycles. The lowest BCUT2D eigenvalue weighted by atomic mass is 10.1. The topological polar surface area (TPSA) is 87.0 Å². The van der Waals surface area contributed by atoms with Crippen LogP contribution in [-0.4, -0.2) is 34.7 Å². The molecule has 0 bridgehead atoms. The molecule has 1 N–H and O–H groups in total. The van der Waals surface area contributed by atoms with Crippen molar-refractivity contribution in [2.75, 3.05) is 14.2 Å². The van der Waals surface area contributed by atoms with Crippen molar-refractivity contribution in [1.29, 1.82) is 0 Å². The van der Waals surface area contributed by atoms with Gasteiger partial charge in [0.25, 0.3) is 5.91 Å². The molecule has 0 fully saturated rings. The van der Waals surface area contributed by atoms with Crippen molar-refractivity contribution in [2.24, 2.45) is 0 Å². The number of benzene rings is 2. The molecule has 0 aliphatic heterocycles. The van der Waals surface area contributed by atoms with Crippen LogP contribution in [-0.2, 0) is 13.2 Å². The summed E-state index contributed by atoms with van der Waals surface area (Å²) in [5.74, 6) is 1.60. The van der Waals surface area contributed by atoms with Gasteiger partial charge in [-0.15, -0.1) is 10.2 Å². The number of rotatable bonds is 8. The van der Waals surface area contributed by atoms with Gasteiger partial charge in [-0.25, -0.2) is 0 Å². The molecule has 2 aromatic heterocycles. The first kappa shape index (κ1) is 20.2. The summed E-state index contributed by atoms with van der Waals surface area (Å²) >= 11 is 0. The van der Waals surface area contributed by atoms with E-state index in [1.54, 1.807) is 12.1 Å². The Bertz CT molecular complexity index is 1170. The normalized spacial score (nSPS) is 10.6. The number of carbonyl (C=O) groups excluding carboxylic acids is 1. The third-order valence-electron chi connectivity index (χ3n) is 4.74. The third kappa shape index (κ3) is 4.42. The van der Waals surface area contributed by atoms with Crippen LogP contribution in [0.1, 0.15) is 21.7 Å². The molecule has 0 unspecified atom stereocenters. The Morgan fingerprint density at radius 2 is 1.68 bits per heavy atom. The van der Waals surface area contributed by atoms with Crippen LogP contribution in [0.2, 0.25) is 0 Å². The lowest BCUT2D eigenvalue weighted by molar-refractivity contribution is 0.0949. The fourth-order valence-corrected chi connectivity index (χ4v) is 3.16. The van der Waals surface area contributed by atoms with E-state index in [-0.39, 0.29) is 12.5 Å². The highest BCUT2D eigenvalue weighted by molar-refractivity contribution is 5.95. The number of carbonyl (C=O) groups is 1. The molecular formula is C23H22N4O4. The fourth-order valence-electron chi connectivity index (χ4n) is 3.16. The van der Waals surface area contributed by atoms with Crippen LogP contribution < -0.4 is 19.5 Å². The Labute approximate surface area is 179 Å². The second-order valence-corrected chi connectivity index (χ2v) is 6.71. The summed E-state index contributed by atoms with van der Waals surface area (Å²) in [5, 5.41) is 11.1. The van der Waals surface area contributed by atoms with Crippen LogP contribution in [0.15, 0.2) is 66.9 Å². The lowest BCUT2D eigenvalue weighted by Crippen LogP contribution is -2.24. The van der Waals surface area contributed by atoms with E-state index < -0.39 is 0 Å². The highest BCUT2D eigenvalue weighted by Crippen LogP contribution is 2.39. The number of amides is 1. The number of hydrogen-bond donors (Lipinski definition) is 1. The molecule has 0 saturated carbocycles. The summed E-state index contributed by atoms with van der Waals surface area (Å²) in [6, 6.07) is 18.6. The average molecular weight is 418 g/mol. The lowest BCUT2D eigenvalue weighted by Gasteiger charge is -2.16.